The molecule has 1 aliphatic carbocycles. The fourth-order valence-electron chi connectivity index (χ4n) is 6.78. The number of benzene rings is 6. The molecule has 0 aliphatic heterocycles. The van der Waals surface area contributed by atoms with Gasteiger partial charge in [0, 0.05) is 22.1 Å². The molecule has 0 saturated heterocycles. The lowest BCUT2D eigenvalue weighted by molar-refractivity contribution is 0.660. The van der Waals surface area contributed by atoms with Crippen LogP contribution in [0.15, 0.2) is 152 Å². The van der Waals surface area contributed by atoms with Crippen molar-refractivity contribution in [1.82, 2.24) is 9.97 Å². The minimum atomic E-state index is -0.128. The van der Waals surface area contributed by atoms with Crippen molar-refractivity contribution in [2.45, 2.75) is 19.3 Å². The first-order valence-electron chi connectivity index (χ1n) is 15.9. The van der Waals surface area contributed by atoms with Gasteiger partial charge in [0.05, 0.1) is 23.0 Å². The molecular weight excluding hydrogens is 571 g/mol. The summed E-state index contributed by atoms with van der Waals surface area (Å²) in [5, 5.41) is 9.47. The number of nitrogens with zero attached hydrogens (tertiary/aromatic N) is 3. The van der Waals surface area contributed by atoms with Crippen LogP contribution in [0, 0.1) is 11.3 Å². The van der Waals surface area contributed by atoms with Crippen LogP contribution in [-0.2, 0) is 5.41 Å². The maximum atomic E-state index is 9.47. The summed E-state index contributed by atoms with van der Waals surface area (Å²) >= 11 is 0. The zero-order valence-electron chi connectivity index (χ0n) is 26.3. The average Bonchev–Trinajstić information content (AvgIpc) is 3.37. The van der Waals surface area contributed by atoms with Crippen LogP contribution in [0.3, 0.4) is 0 Å². The van der Waals surface area contributed by atoms with Crippen molar-refractivity contribution in [3.05, 3.63) is 168 Å². The highest BCUT2D eigenvalue weighted by Gasteiger charge is 2.35. The van der Waals surface area contributed by atoms with E-state index in [1.165, 1.54) is 33.4 Å². The Kier molecular flexibility index (Phi) is 6.85. The molecule has 0 fully saturated rings. The van der Waals surface area contributed by atoms with Crippen molar-refractivity contribution in [1.29, 1.82) is 5.26 Å². The van der Waals surface area contributed by atoms with Gasteiger partial charge < -0.3 is 0 Å². The molecule has 3 nitrogen and oxygen atoms in total. The van der Waals surface area contributed by atoms with Crippen molar-refractivity contribution in [2.24, 2.45) is 0 Å². The first-order valence-corrected chi connectivity index (χ1v) is 15.9. The van der Waals surface area contributed by atoms with Crippen LogP contribution >= 0.6 is 0 Å². The molecule has 0 radical (unpaired) electrons. The Labute approximate surface area is 275 Å². The molecule has 0 N–H and O–H groups in total. The van der Waals surface area contributed by atoms with Crippen LogP contribution in [0.25, 0.3) is 67.3 Å². The number of rotatable bonds is 5. The summed E-state index contributed by atoms with van der Waals surface area (Å²) in [6, 6.07) is 55.0. The lowest BCUT2D eigenvalue weighted by Crippen LogP contribution is -2.15. The Morgan fingerprint density at radius 2 is 1.02 bits per heavy atom. The fraction of sp³-hybridized carbons (Fsp3) is 0.0682. The first kappa shape index (κ1) is 28.4. The third-order valence-electron chi connectivity index (χ3n) is 9.34. The SMILES string of the molecule is CC1(C)c2ccc(C#N)cc2-c2ccc(-c3ccc(-c4cccc(-c5cc(-c6ccccc6)nc(-c6ccccc6)n5)c4)cc3)cc21. The van der Waals surface area contributed by atoms with Gasteiger partial charge in [0.2, 0.25) is 0 Å². The van der Waals surface area contributed by atoms with Gasteiger partial charge in [0.25, 0.3) is 0 Å². The highest BCUT2D eigenvalue weighted by molar-refractivity contribution is 5.85. The molecule has 0 amide bonds. The lowest BCUT2D eigenvalue weighted by Gasteiger charge is -2.22. The van der Waals surface area contributed by atoms with E-state index in [0.29, 0.717) is 11.4 Å². The molecule has 222 valence electrons. The summed E-state index contributed by atoms with van der Waals surface area (Å²) in [5.74, 6) is 0.711. The third kappa shape index (κ3) is 5.11. The summed E-state index contributed by atoms with van der Waals surface area (Å²) in [7, 11) is 0. The fourth-order valence-corrected chi connectivity index (χ4v) is 6.78. The van der Waals surface area contributed by atoms with E-state index < -0.39 is 0 Å². The van der Waals surface area contributed by atoms with E-state index in [2.05, 4.69) is 123 Å². The molecule has 1 aromatic heterocycles. The minimum absolute atomic E-state index is 0.128. The van der Waals surface area contributed by atoms with Gasteiger partial charge in [0.15, 0.2) is 5.82 Å². The Morgan fingerprint density at radius 1 is 0.447 bits per heavy atom. The van der Waals surface area contributed by atoms with Crippen LogP contribution in [0.5, 0.6) is 0 Å². The van der Waals surface area contributed by atoms with Gasteiger partial charge in [-0.1, -0.05) is 135 Å². The minimum Gasteiger partial charge on any atom is -0.228 e. The Hall–Kier alpha value is -6.11. The Balaban J connectivity index is 1.13. The van der Waals surface area contributed by atoms with Gasteiger partial charge in [-0.15, -0.1) is 0 Å². The normalized spacial score (nSPS) is 12.6. The van der Waals surface area contributed by atoms with Crippen LogP contribution in [0.1, 0.15) is 30.5 Å². The van der Waals surface area contributed by atoms with Crippen LogP contribution < -0.4 is 0 Å². The monoisotopic (exact) mass is 601 g/mol. The second-order valence-corrected chi connectivity index (χ2v) is 12.6. The number of hydrogen-bond acceptors (Lipinski definition) is 3. The molecule has 0 unspecified atom stereocenters. The molecule has 3 heteroatoms. The number of aromatic nitrogens is 2. The zero-order chi connectivity index (χ0) is 32.0. The van der Waals surface area contributed by atoms with E-state index in [1.807, 2.05) is 48.5 Å². The molecule has 0 atom stereocenters. The highest BCUT2D eigenvalue weighted by Crippen LogP contribution is 2.50. The van der Waals surface area contributed by atoms with Gasteiger partial charge in [-0.05, 0) is 74.8 Å². The number of fused-ring (bicyclic) bond motifs is 3. The van der Waals surface area contributed by atoms with Crippen molar-refractivity contribution >= 4 is 0 Å². The molecule has 8 rings (SSSR count). The van der Waals surface area contributed by atoms with E-state index in [4.69, 9.17) is 9.97 Å². The predicted molar refractivity (Wildman–Crippen MR) is 191 cm³/mol. The Morgan fingerprint density at radius 3 is 1.70 bits per heavy atom. The van der Waals surface area contributed by atoms with E-state index in [0.717, 1.165) is 39.2 Å². The number of hydrogen-bond donors (Lipinski definition) is 0. The molecule has 1 heterocycles. The van der Waals surface area contributed by atoms with Gasteiger partial charge in [0.1, 0.15) is 0 Å². The average molecular weight is 602 g/mol. The summed E-state index contributed by atoms with van der Waals surface area (Å²) in [6.07, 6.45) is 0. The molecule has 0 bridgehead atoms. The summed E-state index contributed by atoms with van der Waals surface area (Å²) < 4.78 is 0. The van der Waals surface area contributed by atoms with E-state index >= 15 is 0 Å². The summed E-state index contributed by atoms with van der Waals surface area (Å²) in [6.45, 7) is 4.54. The van der Waals surface area contributed by atoms with Crippen LogP contribution in [0.2, 0.25) is 0 Å². The second-order valence-electron chi connectivity index (χ2n) is 12.6. The first-order chi connectivity index (χ1) is 23.0. The quantitative estimate of drug-likeness (QED) is 0.197. The molecule has 1 aliphatic rings. The molecular formula is C44H31N3. The molecule has 47 heavy (non-hydrogen) atoms. The number of nitriles is 1. The zero-order valence-corrected chi connectivity index (χ0v) is 26.3. The van der Waals surface area contributed by atoms with Crippen molar-refractivity contribution in [3.8, 4) is 73.4 Å². The van der Waals surface area contributed by atoms with E-state index in [1.54, 1.807) is 0 Å². The maximum Gasteiger partial charge on any atom is 0.160 e. The van der Waals surface area contributed by atoms with Gasteiger partial charge in [-0.3, -0.25) is 0 Å². The van der Waals surface area contributed by atoms with Gasteiger partial charge in [-0.25, -0.2) is 9.97 Å². The largest absolute Gasteiger partial charge is 0.228 e. The lowest BCUT2D eigenvalue weighted by atomic mass is 9.81. The van der Waals surface area contributed by atoms with Crippen molar-refractivity contribution in [3.63, 3.8) is 0 Å². The van der Waals surface area contributed by atoms with Gasteiger partial charge in [-0.2, -0.15) is 5.26 Å². The van der Waals surface area contributed by atoms with Gasteiger partial charge >= 0.3 is 0 Å². The Bertz CT molecular complexity index is 2260. The van der Waals surface area contributed by atoms with Crippen molar-refractivity contribution < 1.29 is 0 Å². The van der Waals surface area contributed by atoms with Crippen LogP contribution in [0.4, 0.5) is 0 Å². The van der Waals surface area contributed by atoms with E-state index in [9.17, 15) is 5.26 Å². The molecule has 0 spiro atoms. The summed E-state index contributed by atoms with van der Waals surface area (Å²) in [5.41, 5.74) is 15.1. The smallest absolute Gasteiger partial charge is 0.160 e. The molecule has 0 saturated carbocycles. The topological polar surface area (TPSA) is 49.6 Å². The molecule has 6 aromatic carbocycles. The third-order valence-corrected chi connectivity index (χ3v) is 9.34. The van der Waals surface area contributed by atoms with Crippen LogP contribution in [-0.4, -0.2) is 9.97 Å². The summed E-state index contributed by atoms with van der Waals surface area (Å²) in [4.78, 5) is 9.97. The standard InChI is InChI=1S/C44H31N3/c1-44(2)39-23-16-29(28-45)24-38(39)37-22-21-35(26-40(37)44)31-19-17-30(18-20-31)34-14-9-15-36(25-34)42-27-41(32-10-5-3-6-11-32)46-43(47-42)33-12-7-4-8-13-33/h3-27H,1-2H3. The predicted octanol–water partition coefficient (Wildman–Crippen LogP) is 11.0. The maximum absolute atomic E-state index is 9.47. The van der Waals surface area contributed by atoms with E-state index in [-0.39, 0.29) is 5.41 Å². The van der Waals surface area contributed by atoms with Crippen molar-refractivity contribution in [2.75, 3.05) is 0 Å². The highest BCUT2D eigenvalue weighted by atomic mass is 14.9. The molecule has 7 aromatic rings. The second kappa shape index (κ2) is 11.4.